The Morgan fingerprint density at radius 1 is 1.08 bits per heavy atom. The summed E-state index contributed by atoms with van der Waals surface area (Å²) in [6.07, 6.45) is 1.51. The van der Waals surface area contributed by atoms with Crippen molar-refractivity contribution in [2.24, 2.45) is 10.8 Å². The minimum atomic E-state index is -0.699. The lowest BCUT2D eigenvalue weighted by molar-refractivity contribution is 0.249. The SMILES string of the molecule is NC(=O)N/N=C\c1cccc(OCc2cccc3ccccc23)c1. The van der Waals surface area contributed by atoms with Gasteiger partial charge in [0.25, 0.3) is 0 Å². The van der Waals surface area contributed by atoms with Crippen LogP contribution in [0.25, 0.3) is 10.8 Å². The second-order valence-electron chi connectivity index (χ2n) is 5.23. The predicted octanol–water partition coefficient (Wildman–Crippen LogP) is 3.42. The summed E-state index contributed by atoms with van der Waals surface area (Å²) in [6.45, 7) is 0.474. The molecule has 0 spiro atoms. The lowest BCUT2D eigenvalue weighted by Crippen LogP contribution is -2.24. The number of rotatable bonds is 5. The first-order chi connectivity index (χ1) is 11.7. The van der Waals surface area contributed by atoms with Crippen molar-refractivity contribution in [3.8, 4) is 5.75 Å². The fourth-order valence-corrected chi connectivity index (χ4v) is 2.43. The number of nitrogens with one attached hydrogen (secondary N) is 1. The van der Waals surface area contributed by atoms with E-state index in [2.05, 4.69) is 34.8 Å². The van der Waals surface area contributed by atoms with Crippen LogP contribution >= 0.6 is 0 Å². The van der Waals surface area contributed by atoms with Crippen molar-refractivity contribution >= 4 is 23.0 Å². The van der Waals surface area contributed by atoms with Crippen LogP contribution in [0.15, 0.2) is 71.8 Å². The number of carbonyl (C=O) groups is 1. The number of ether oxygens (including phenoxy) is 1. The summed E-state index contributed by atoms with van der Waals surface area (Å²) in [4.78, 5) is 10.6. The van der Waals surface area contributed by atoms with Gasteiger partial charge in [-0.15, -0.1) is 0 Å². The number of nitrogens with zero attached hydrogens (tertiary/aromatic N) is 1. The van der Waals surface area contributed by atoms with E-state index in [1.165, 1.54) is 17.0 Å². The molecule has 120 valence electrons. The van der Waals surface area contributed by atoms with E-state index in [4.69, 9.17) is 10.5 Å². The van der Waals surface area contributed by atoms with Crippen molar-refractivity contribution in [3.05, 3.63) is 77.9 Å². The van der Waals surface area contributed by atoms with Crippen LogP contribution in [0.3, 0.4) is 0 Å². The molecule has 0 radical (unpaired) electrons. The highest BCUT2D eigenvalue weighted by Gasteiger charge is 2.02. The summed E-state index contributed by atoms with van der Waals surface area (Å²) in [6, 6.07) is 21.1. The van der Waals surface area contributed by atoms with Crippen molar-refractivity contribution in [1.82, 2.24) is 5.43 Å². The van der Waals surface area contributed by atoms with Crippen LogP contribution in [-0.4, -0.2) is 12.2 Å². The van der Waals surface area contributed by atoms with Crippen LogP contribution in [0.2, 0.25) is 0 Å². The van der Waals surface area contributed by atoms with Gasteiger partial charge in [0.05, 0.1) is 6.21 Å². The normalized spacial score (nSPS) is 10.8. The second-order valence-corrected chi connectivity index (χ2v) is 5.23. The minimum Gasteiger partial charge on any atom is -0.489 e. The van der Waals surface area contributed by atoms with Crippen molar-refractivity contribution < 1.29 is 9.53 Å². The highest BCUT2D eigenvalue weighted by molar-refractivity contribution is 5.85. The smallest absolute Gasteiger partial charge is 0.332 e. The topological polar surface area (TPSA) is 76.7 Å². The van der Waals surface area contributed by atoms with E-state index in [0.29, 0.717) is 6.61 Å². The molecule has 3 rings (SSSR count). The standard InChI is InChI=1S/C19H17N3O2/c20-19(23)22-21-12-14-5-3-9-17(11-14)24-13-16-8-4-7-15-6-1-2-10-18(15)16/h1-12H,13H2,(H3,20,22,23)/b21-12-. The van der Waals surface area contributed by atoms with Crippen LogP contribution < -0.4 is 15.9 Å². The first-order valence-corrected chi connectivity index (χ1v) is 7.50. The number of hydrogen-bond donors (Lipinski definition) is 2. The van der Waals surface area contributed by atoms with Gasteiger partial charge in [-0.25, -0.2) is 10.2 Å². The highest BCUT2D eigenvalue weighted by atomic mass is 16.5. The molecule has 0 aliphatic heterocycles. The average Bonchev–Trinajstić information content (AvgIpc) is 2.60. The lowest BCUT2D eigenvalue weighted by Gasteiger charge is -2.09. The maximum atomic E-state index is 10.6. The van der Waals surface area contributed by atoms with Crippen LogP contribution in [0.1, 0.15) is 11.1 Å². The van der Waals surface area contributed by atoms with E-state index in [0.717, 1.165) is 16.9 Å². The number of primary amides is 1. The Balaban J connectivity index is 1.72. The molecule has 0 heterocycles. The van der Waals surface area contributed by atoms with Gasteiger partial charge in [-0.3, -0.25) is 0 Å². The molecule has 0 saturated heterocycles. The van der Waals surface area contributed by atoms with Gasteiger partial charge in [0.2, 0.25) is 0 Å². The molecule has 5 heteroatoms. The molecule has 0 saturated carbocycles. The third-order valence-corrected chi connectivity index (χ3v) is 3.52. The van der Waals surface area contributed by atoms with Crippen LogP contribution in [0.5, 0.6) is 5.75 Å². The number of hydrazone groups is 1. The number of urea groups is 1. The van der Waals surface area contributed by atoms with Gasteiger partial charge >= 0.3 is 6.03 Å². The Kier molecular flexibility index (Phi) is 4.72. The quantitative estimate of drug-likeness (QED) is 0.558. The van der Waals surface area contributed by atoms with Crippen LogP contribution in [0, 0.1) is 0 Å². The molecule has 2 amide bonds. The van der Waals surface area contributed by atoms with E-state index < -0.39 is 6.03 Å². The monoisotopic (exact) mass is 319 g/mol. The molecular formula is C19H17N3O2. The van der Waals surface area contributed by atoms with Gasteiger partial charge in [-0.2, -0.15) is 5.10 Å². The maximum Gasteiger partial charge on any atom is 0.332 e. The fraction of sp³-hybridized carbons (Fsp3) is 0.0526. The maximum absolute atomic E-state index is 10.6. The molecule has 0 aliphatic carbocycles. The zero-order valence-corrected chi connectivity index (χ0v) is 13.0. The van der Waals surface area contributed by atoms with Gasteiger partial charge in [0, 0.05) is 0 Å². The number of hydrogen-bond acceptors (Lipinski definition) is 3. The molecule has 3 N–H and O–H groups in total. The molecule has 0 fully saturated rings. The Bertz CT molecular complexity index is 885. The van der Waals surface area contributed by atoms with Crippen LogP contribution in [-0.2, 0) is 6.61 Å². The van der Waals surface area contributed by atoms with Gasteiger partial charge in [0.1, 0.15) is 12.4 Å². The average molecular weight is 319 g/mol. The fourth-order valence-electron chi connectivity index (χ4n) is 2.43. The van der Waals surface area contributed by atoms with Crippen LogP contribution in [0.4, 0.5) is 4.79 Å². The first-order valence-electron chi connectivity index (χ1n) is 7.50. The molecule has 3 aromatic rings. The Morgan fingerprint density at radius 2 is 1.88 bits per heavy atom. The Morgan fingerprint density at radius 3 is 2.75 bits per heavy atom. The molecular weight excluding hydrogens is 302 g/mol. The predicted molar refractivity (Wildman–Crippen MR) is 95.0 cm³/mol. The number of benzene rings is 3. The van der Waals surface area contributed by atoms with E-state index >= 15 is 0 Å². The first kappa shape index (κ1) is 15.6. The van der Waals surface area contributed by atoms with Gasteiger partial charge in [0.15, 0.2) is 0 Å². The van der Waals surface area contributed by atoms with E-state index in [1.54, 1.807) is 0 Å². The summed E-state index contributed by atoms with van der Waals surface area (Å²) < 4.78 is 5.89. The molecule has 0 aromatic heterocycles. The summed E-state index contributed by atoms with van der Waals surface area (Å²) in [5, 5.41) is 6.11. The van der Waals surface area contributed by atoms with Crippen molar-refractivity contribution in [2.45, 2.75) is 6.61 Å². The number of nitrogens with two attached hydrogens (primary N) is 1. The molecule has 0 atom stereocenters. The Labute approximate surface area is 139 Å². The summed E-state index contributed by atoms with van der Waals surface area (Å²) in [7, 11) is 0. The molecule has 0 unspecified atom stereocenters. The van der Waals surface area contributed by atoms with E-state index in [9.17, 15) is 4.79 Å². The largest absolute Gasteiger partial charge is 0.489 e. The zero-order chi connectivity index (χ0) is 16.8. The molecule has 0 bridgehead atoms. The summed E-state index contributed by atoms with van der Waals surface area (Å²) in [5.74, 6) is 0.728. The summed E-state index contributed by atoms with van der Waals surface area (Å²) in [5.41, 5.74) is 9.05. The van der Waals surface area contributed by atoms with Gasteiger partial charge in [-0.05, 0) is 34.0 Å². The zero-order valence-electron chi connectivity index (χ0n) is 13.0. The molecule has 3 aromatic carbocycles. The van der Waals surface area contributed by atoms with Crippen molar-refractivity contribution in [3.63, 3.8) is 0 Å². The van der Waals surface area contributed by atoms with E-state index in [-0.39, 0.29) is 0 Å². The lowest BCUT2D eigenvalue weighted by atomic mass is 10.1. The molecule has 24 heavy (non-hydrogen) atoms. The third kappa shape index (κ3) is 3.89. The van der Waals surface area contributed by atoms with E-state index in [1.807, 2.05) is 42.5 Å². The van der Waals surface area contributed by atoms with Crippen molar-refractivity contribution in [1.29, 1.82) is 0 Å². The molecule has 5 nitrogen and oxygen atoms in total. The number of fused-ring (bicyclic) bond motifs is 1. The number of carbonyl (C=O) groups excluding carboxylic acids is 1. The highest BCUT2D eigenvalue weighted by Crippen LogP contribution is 2.21. The molecule has 0 aliphatic rings. The Hall–Kier alpha value is -3.34. The van der Waals surface area contributed by atoms with Gasteiger partial charge in [-0.1, -0.05) is 54.6 Å². The number of amides is 2. The summed E-state index contributed by atoms with van der Waals surface area (Å²) >= 11 is 0. The minimum absolute atomic E-state index is 0.474. The second kappa shape index (κ2) is 7.28. The third-order valence-electron chi connectivity index (χ3n) is 3.52. The van der Waals surface area contributed by atoms with Gasteiger partial charge < -0.3 is 10.5 Å². The van der Waals surface area contributed by atoms with Crippen molar-refractivity contribution in [2.75, 3.05) is 0 Å².